The summed E-state index contributed by atoms with van der Waals surface area (Å²) in [6.45, 7) is 0. The molecular weight excluding hydrogens is 413 g/mol. The van der Waals surface area contributed by atoms with E-state index in [1.54, 1.807) is 12.1 Å². The number of hydrogen-bond donors (Lipinski definition) is 0. The van der Waals surface area contributed by atoms with Gasteiger partial charge in [0.1, 0.15) is 0 Å². The van der Waals surface area contributed by atoms with Crippen molar-refractivity contribution in [2.24, 2.45) is 0 Å². The predicted molar refractivity (Wildman–Crippen MR) is 128 cm³/mol. The van der Waals surface area contributed by atoms with Gasteiger partial charge in [0.2, 0.25) is 0 Å². The second-order valence-corrected chi connectivity index (χ2v) is 13.7. The van der Waals surface area contributed by atoms with Crippen molar-refractivity contribution < 1.29 is 4.92 Å². The van der Waals surface area contributed by atoms with Crippen LogP contribution in [0.4, 0.5) is 5.69 Å². The predicted octanol–water partition coefficient (Wildman–Crippen LogP) is 5.78. The van der Waals surface area contributed by atoms with Gasteiger partial charge in [0.05, 0.1) is 0 Å². The minimum atomic E-state index is -3.49. The fourth-order valence-electron chi connectivity index (χ4n) is 4.05. The van der Waals surface area contributed by atoms with Crippen LogP contribution in [0.5, 0.6) is 0 Å². The maximum absolute atomic E-state index is 11.4. The number of nitrogens with zero attached hydrogens (tertiary/aromatic N) is 1. The Hall–Kier alpha value is -3.00. The zero-order valence-electron chi connectivity index (χ0n) is 16.3. The SMILES string of the molecule is O=[N+]([O-])c1cccc(CP(Cl)(c2ccccc2)(c2ccccc2)c2ccccc2)c1. The van der Waals surface area contributed by atoms with Gasteiger partial charge in [-0.3, -0.25) is 0 Å². The standard InChI is InChI=1S/C25H21ClNO2P/c26-30(23-13-4-1-5-14-23,24-15-6-2-7-16-24,25-17-8-3-9-18-25)20-21-11-10-12-22(19-21)27(28)29/h1-19H,20H2. The second kappa shape index (κ2) is 8.02. The van der Waals surface area contributed by atoms with E-state index in [9.17, 15) is 10.1 Å². The van der Waals surface area contributed by atoms with Crippen LogP contribution >= 0.6 is 17.2 Å². The molecule has 0 N–H and O–H groups in total. The first kappa shape index (κ1) is 20.3. The summed E-state index contributed by atoms with van der Waals surface area (Å²) in [4.78, 5) is 11.0. The Bertz CT molecular complexity index is 1070. The summed E-state index contributed by atoms with van der Waals surface area (Å²) in [6.07, 6.45) is 0.479. The van der Waals surface area contributed by atoms with Crippen LogP contribution in [0, 0.1) is 10.1 Å². The van der Waals surface area contributed by atoms with Crippen LogP contribution in [0.1, 0.15) is 5.56 Å². The Morgan fingerprint density at radius 1 is 0.667 bits per heavy atom. The van der Waals surface area contributed by atoms with Crippen LogP contribution in [-0.4, -0.2) is 4.92 Å². The summed E-state index contributed by atoms with van der Waals surface area (Å²) in [6, 6.07) is 37.2. The van der Waals surface area contributed by atoms with E-state index >= 15 is 0 Å². The molecule has 0 radical (unpaired) electrons. The Morgan fingerprint density at radius 3 is 1.50 bits per heavy atom. The molecule has 0 atom stereocenters. The van der Waals surface area contributed by atoms with Crippen molar-refractivity contribution in [3.05, 3.63) is 131 Å². The van der Waals surface area contributed by atoms with Gasteiger partial charge in [0, 0.05) is 0 Å². The Kier molecular flexibility index (Phi) is 5.42. The Morgan fingerprint density at radius 2 is 1.10 bits per heavy atom. The Labute approximate surface area is 180 Å². The third-order valence-corrected chi connectivity index (χ3v) is 12.7. The van der Waals surface area contributed by atoms with Crippen molar-refractivity contribution >= 4 is 38.8 Å². The molecule has 0 aliphatic rings. The molecule has 4 aromatic carbocycles. The zero-order chi connectivity index (χ0) is 21.1. The van der Waals surface area contributed by atoms with Gasteiger partial charge in [-0.25, -0.2) is 0 Å². The molecule has 0 spiro atoms. The number of nitro benzene ring substituents is 1. The number of rotatable bonds is 6. The van der Waals surface area contributed by atoms with Crippen LogP contribution in [-0.2, 0) is 6.16 Å². The van der Waals surface area contributed by atoms with Gasteiger partial charge in [0.25, 0.3) is 0 Å². The molecule has 30 heavy (non-hydrogen) atoms. The zero-order valence-corrected chi connectivity index (χ0v) is 17.9. The summed E-state index contributed by atoms with van der Waals surface area (Å²) in [5, 5.41) is 14.5. The molecule has 3 nitrogen and oxygen atoms in total. The molecular formula is C25H21ClNO2P. The molecule has 4 rings (SSSR count). The maximum atomic E-state index is 11.4. The summed E-state index contributed by atoms with van der Waals surface area (Å²) in [7, 11) is 0. The van der Waals surface area contributed by atoms with Crippen molar-refractivity contribution in [3.8, 4) is 0 Å². The molecule has 0 aromatic heterocycles. The van der Waals surface area contributed by atoms with E-state index in [4.69, 9.17) is 11.2 Å². The van der Waals surface area contributed by atoms with Crippen LogP contribution < -0.4 is 15.9 Å². The number of halogens is 1. The fraction of sp³-hybridized carbons (Fsp3) is 0.0400. The first-order chi connectivity index (χ1) is 14.5. The molecule has 150 valence electrons. The van der Waals surface area contributed by atoms with Gasteiger partial charge in [-0.05, 0) is 0 Å². The molecule has 0 amide bonds. The molecule has 5 heteroatoms. The molecule has 0 bridgehead atoms. The van der Waals surface area contributed by atoms with Gasteiger partial charge in [-0.1, -0.05) is 0 Å². The second-order valence-electron chi connectivity index (χ2n) is 7.27. The minimum absolute atomic E-state index is 0.0726. The number of non-ortho nitro benzene ring substituents is 1. The fourth-order valence-corrected chi connectivity index (χ4v) is 10.2. The van der Waals surface area contributed by atoms with E-state index in [2.05, 4.69) is 36.4 Å². The van der Waals surface area contributed by atoms with E-state index in [0.717, 1.165) is 21.5 Å². The number of hydrogen-bond acceptors (Lipinski definition) is 2. The van der Waals surface area contributed by atoms with Crippen molar-refractivity contribution in [2.45, 2.75) is 6.16 Å². The van der Waals surface area contributed by atoms with E-state index in [1.165, 1.54) is 6.07 Å². The Balaban J connectivity index is 2.06. The van der Waals surface area contributed by atoms with Gasteiger partial charge in [0.15, 0.2) is 0 Å². The molecule has 0 aliphatic heterocycles. The summed E-state index contributed by atoms with van der Waals surface area (Å²) < 4.78 is 0. The average molecular weight is 434 g/mol. The van der Waals surface area contributed by atoms with Crippen molar-refractivity contribution in [1.29, 1.82) is 0 Å². The van der Waals surface area contributed by atoms with Crippen LogP contribution in [0.15, 0.2) is 115 Å². The molecule has 4 aromatic rings. The van der Waals surface area contributed by atoms with Crippen molar-refractivity contribution in [1.82, 2.24) is 0 Å². The molecule has 0 saturated heterocycles. The van der Waals surface area contributed by atoms with Gasteiger partial charge in [-0.2, -0.15) is 0 Å². The van der Waals surface area contributed by atoms with Crippen molar-refractivity contribution in [2.75, 3.05) is 0 Å². The van der Waals surface area contributed by atoms with Gasteiger partial charge >= 0.3 is 181 Å². The van der Waals surface area contributed by atoms with E-state index in [0.29, 0.717) is 6.16 Å². The molecule has 0 unspecified atom stereocenters. The van der Waals surface area contributed by atoms with Crippen LogP contribution in [0.2, 0.25) is 0 Å². The number of nitro groups is 1. The van der Waals surface area contributed by atoms with Crippen LogP contribution in [0.25, 0.3) is 0 Å². The first-order valence-corrected chi connectivity index (χ1v) is 13.0. The van der Waals surface area contributed by atoms with E-state index < -0.39 is 5.96 Å². The average Bonchev–Trinajstić information content (AvgIpc) is 2.81. The third kappa shape index (κ3) is 3.41. The topological polar surface area (TPSA) is 43.1 Å². The van der Waals surface area contributed by atoms with Gasteiger partial charge < -0.3 is 0 Å². The first-order valence-electron chi connectivity index (χ1n) is 9.65. The van der Waals surface area contributed by atoms with Crippen LogP contribution in [0.3, 0.4) is 0 Å². The summed E-state index contributed by atoms with van der Waals surface area (Å²) in [5.41, 5.74) is 0.914. The quantitative estimate of drug-likeness (QED) is 0.220. The van der Waals surface area contributed by atoms with Gasteiger partial charge in [-0.15, -0.1) is 0 Å². The molecule has 0 aliphatic carbocycles. The van der Waals surface area contributed by atoms with E-state index in [1.807, 2.05) is 60.7 Å². The normalized spacial score (nSPS) is 12.6. The van der Waals surface area contributed by atoms with E-state index in [-0.39, 0.29) is 10.6 Å². The molecule has 0 saturated carbocycles. The molecule has 0 heterocycles. The summed E-state index contributed by atoms with van der Waals surface area (Å²) in [5.74, 6) is -3.49. The van der Waals surface area contributed by atoms with Crippen molar-refractivity contribution in [3.63, 3.8) is 0 Å². The summed E-state index contributed by atoms with van der Waals surface area (Å²) >= 11 is 8.00. The third-order valence-electron chi connectivity index (χ3n) is 5.48. The number of benzene rings is 4. The monoisotopic (exact) mass is 433 g/mol. The molecule has 0 fully saturated rings.